The summed E-state index contributed by atoms with van der Waals surface area (Å²) >= 11 is 0. The monoisotopic (exact) mass is 323 g/mol. The number of rotatable bonds is 3. The minimum Gasteiger partial charge on any atom is -0.349 e. The van der Waals surface area contributed by atoms with Crippen LogP contribution in [0, 0.1) is 11.3 Å². The van der Waals surface area contributed by atoms with Crippen molar-refractivity contribution in [2.75, 3.05) is 0 Å². The van der Waals surface area contributed by atoms with Crippen LogP contribution in [0.2, 0.25) is 0 Å². The third kappa shape index (κ3) is 3.63. The Kier molecular flexibility index (Phi) is 4.93. The second-order valence-corrected chi connectivity index (χ2v) is 8.17. The molecule has 0 aliphatic heterocycles. The first-order valence-corrected chi connectivity index (χ1v) is 9.25. The highest BCUT2D eigenvalue weighted by molar-refractivity contribution is 5.87. The fourth-order valence-corrected chi connectivity index (χ4v) is 3.80. The van der Waals surface area contributed by atoms with Crippen molar-refractivity contribution in [1.29, 1.82) is 0 Å². The fourth-order valence-electron chi connectivity index (χ4n) is 3.80. The van der Waals surface area contributed by atoms with Crippen LogP contribution in [0.5, 0.6) is 0 Å². The summed E-state index contributed by atoms with van der Waals surface area (Å²) in [6, 6.07) is 15.1. The van der Waals surface area contributed by atoms with Gasteiger partial charge < -0.3 is 5.32 Å². The van der Waals surface area contributed by atoms with Gasteiger partial charge in [-0.3, -0.25) is 4.79 Å². The summed E-state index contributed by atoms with van der Waals surface area (Å²) in [4.78, 5) is 12.7. The van der Waals surface area contributed by atoms with Crippen LogP contribution in [0.15, 0.2) is 42.5 Å². The predicted molar refractivity (Wildman–Crippen MR) is 101 cm³/mol. The summed E-state index contributed by atoms with van der Waals surface area (Å²) in [5.74, 6) is 0.682. The van der Waals surface area contributed by atoms with Crippen molar-refractivity contribution in [2.24, 2.45) is 11.3 Å². The molecule has 1 N–H and O–H groups in total. The van der Waals surface area contributed by atoms with Crippen LogP contribution in [0.3, 0.4) is 0 Å². The topological polar surface area (TPSA) is 29.1 Å². The van der Waals surface area contributed by atoms with Crippen LogP contribution in [-0.2, 0) is 4.79 Å². The van der Waals surface area contributed by atoms with E-state index in [1.54, 1.807) is 0 Å². The smallest absolute Gasteiger partial charge is 0.225 e. The van der Waals surface area contributed by atoms with E-state index in [2.05, 4.69) is 47.8 Å². The van der Waals surface area contributed by atoms with Gasteiger partial charge in [-0.2, -0.15) is 0 Å². The lowest BCUT2D eigenvalue weighted by atomic mass is 9.79. The van der Waals surface area contributed by atoms with E-state index in [4.69, 9.17) is 0 Å². The molecule has 2 nitrogen and oxygen atoms in total. The van der Waals surface area contributed by atoms with E-state index in [1.165, 1.54) is 48.4 Å². The molecule has 0 radical (unpaired) electrons. The van der Waals surface area contributed by atoms with Crippen LogP contribution in [0.4, 0.5) is 0 Å². The third-order valence-electron chi connectivity index (χ3n) is 5.25. The van der Waals surface area contributed by atoms with Gasteiger partial charge in [-0.25, -0.2) is 0 Å². The molecule has 2 heteroatoms. The second kappa shape index (κ2) is 6.96. The summed E-state index contributed by atoms with van der Waals surface area (Å²) in [5.41, 5.74) is 0.912. The summed E-state index contributed by atoms with van der Waals surface area (Å²) in [7, 11) is 0. The zero-order chi connectivity index (χ0) is 17.2. The van der Waals surface area contributed by atoms with Crippen molar-refractivity contribution in [3.8, 4) is 0 Å². The Morgan fingerprint density at radius 1 is 1.00 bits per heavy atom. The Morgan fingerprint density at radius 3 is 2.38 bits per heavy atom. The molecule has 0 saturated heterocycles. The van der Waals surface area contributed by atoms with Crippen LogP contribution >= 0.6 is 0 Å². The van der Waals surface area contributed by atoms with Crippen molar-refractivity contribution in [3.05, 3.63) is 48.0 Å². The maximum absolute atomic E-state index is 12.7. The quantitative estimate of drug-likeness (QED) is 0.780. The zero-order valence-electron chi connectivity index (χ0n) is 15.1. The van der Waals surface area contributed by atoms with Gasteiger partial charge in [0.1, 0.15) is 0 Å². The molecule has 0 bridgehead atoms. The minimum atomic E-state index is -0.364. The van der Waals surface area contributed by atoms with Gasteiger partial charge in [0.25, 0.3) is 0 Å². The van der Waals surface area contributed by atoms with E-state index in [1.807, 2.05) is 20.8 Å². The van der Waals surface area contributed by atoms with Gasteiger partial charge in [-0.05, 0) is 35.1 Å². The molecule has 3 rings (SSSR count). The normalized spacial score (nSPS) is 17.6. The van der Waals surface area contributed by atoms with Gasteiger partial charge in [0.2, 0.25) is 5.91 Å². The van der Waals surface area contributed by atoms with Crippen molar-refractivity contribution < 1.29 is 4.79 Å². The molecule has 1 atom stereocenters. The highest BCUT2D eigenvalue weighted by atomic mass is 16.2. The number of fused-ring (bicyclic) bond motifs is 1. The number of carbonyl (C=O) groups excluding carboxylic acids is 1. The molecule has 1 amide bonds. The van der Waals surface area contributed by atoms with E-state index in [0.29, 0.717) is 5.92 Å². The zero-order valence-corrected chi connectivity index (χ0v) is 15.1. The van der Waals surface area contributed by atoms with Crippen LogP contribution in [-0.4, -0.2) is 5.91 Å². The molecule has 0 heterocycles. The summed E-state index contributed by atoms with van der Waals surface area (Å²) in [5, 5.41) is 5.92. The molecule has 1 aliphatic carbocycles. The largest absolute Gasteiger partial charge is 0.349 e. The molecule has 1 unspecified atom stereocenters. The van der Waals surface area contributed by atoms with Crippen LogP contribution in [0.25, 0.3) is 10.8 Å². The summed E-state index contributed by atoms with van der Waals surface area (Å²) < 4.78 is 0. The third-order valence-corrected chi connectivity index (χ3v) is 5.25. The molecule has 128 valence electrons. The summed E-state index contributed by atoms with van der Waals surface area (Å²) in [6.07, 6.45) is 6.29. The number of hydrogen-bond donors (Lipinski definition) is 1. The van der Waals surface area contributed by atoms with E-state index >= 15 is 0 Å². The van der Waals surface area contributed by atoms with Gasteiger partial charge in [0.15, 0.2) is 0 Å². The van der Waals surface area contributed by atoms with Gasteiger partial charge >= 0.3 is 0 Å². The average molecular weight is 323 g/mol. The number of carbonyl (C=O) groups is 1. The first-order chi connectivity index (χ1) is 11.5. The lowest BCUT2D eigenvalue weighted by Gasteiger charge is -2.34. The first kappa shape index (κ1) is 17.0. The van der Waals surface area contributed by atoms with E-state index in [0.717, 1.165) is 0 Å². The molecule has 1 aliphatic rings. The SMILES string of the molecule is CC(C)(C)C(=O)NC(c1cccc2ccccc12)C1CCCCC1. The molecule has 0 spiro atoms. The Morgan fingerprint density at radius 2 is 1.67 bits per heavy atom. The average Bonchev–Trinajstić information content (AvgIpc) is 2.59. The molecular formula is C22H29NO. The van der Waals surface area contributed by atoms with Crippen molar-refractivity contribution in [3.63, 3.8) is 0 Å². The Balaban J connectivity index is 2.01. The molecule has 2 aromatic rings. The lowest BCUT2D eigenvalue weighted by Crippen LogP contribution is -2.40. The first-order valence-electron chi connectivity index (χ1n) is 9.25. The van der Waals surface area contributed by atoms with Crippen molar-refractivity contribution in [1.82, 2.24) is 5.32 Å². The minimum absolute atomic E-state index is 0.114. The molecule has 0 aromatic heterocycles. The predicted octanol–water partition coefficient (Wildman–Crippen LogP) is 5.62. The van der Waals surface area contributed by atoms with E-state index in [9.17, 15) is 4.79 Å². The number of benzene rings is 2. The second-order valence-electron chi connectivity index (χ2n) is 8.17. The summed E-state index contributed by atoms with van der Waals surface area (Å²) in [6.45, 7) is 5.97. The fraction of sp³-hybridized carbons (Fsp3) is 0.500. The van der Waals surface area contributed by atoms with Gasteiger partial charge in [0.05, 0.1) is 6.04 Å². The number of nitrogens with one attached hydrogen (secondary N) is 1. The van der Waals surface area contributed by atoms with Crippen LogP contribution in [0.1, 0.15) is 64.5 Å². The van der Waals surface area contributed by atoms with Gasteiger partial charge in [-0.1, -0.05) is 82.5 Å². The lowest BCUT2D eigenvalue weighted by molar-refractivity contribution is -0.129. The molecule has 24 heavy (non-hydrogen) atoms. The highest BCUT2D eigenvalue weighted by Crippen LogP contribution is 2.37. The van der Waals surface area contributed by atoms with Crippen LogP contribution < -0.4 is 5.32 Å². The molecule has 1 fully saturated rings. The molecule has 1 saturated carbocycles. The number of hydrogen-bond acceptors (Lipinski definition) is 1. The van der Waals surface area contributed by atoms with Gasteiger partial charge in [0, 0.05) is 5.41 Å². The standard InChI is InChI=1S/C22H29NO/c1-22(2,3)21(24)23-20(17-11-5-4-6-12-17)19-15-9-13-16-10-7-8-14-18(16)19/h7-10,13-15,17,20H,4-6,11-12H2,1-3H3,(H,23,24). The van der Waals surface area contributed by atoms with Gasteiger partial charge in [-0.15, -0.1) is 0 Å². The Bertz CT molecular complexity index is 702. The highest BCUT2D eigenvalue weighted by Gasteiger charge is 2.31. The molecule has 2 aromatic carbocycles. The maximum Gasteiger partial charge on any atom is 0.225 e. The molecular weight excluding hydrogens is 294 g/mol. The van der Waals surface area contributed by atoms with E-state index in [-0.39, 0.29) is 17.4 Å². The van der Waals surface area contributed by atoms with Crippen molar-refractivity contribution >= 4 is 16.7 Å². The Labute approximate surface area is 145 Å². The number of amides is 1. The van der Waals surface area contributed by atoms with E-state index < -0.39 is 0 Å². The maximum atomic E-state index is 12.7. The van der Waals surface area contributed by atoms with Crippen molar-refractivity contribution in [2.45, 2.75) is 58.9 Å². The Hall–Kier alpha value is -1.83.